The quantitative estimate of drug-likeness (QED) is 0.510. The van der Waals surface area contributed by atoms with Gasteiger partial charge in [0.25, 0.3) is 0 Å². The smallest absolute Gasteiger partial charge is 0.191 e. The lowest BCUT2D eigenvalue weighted by atomic mass is 10.1. The van der Waals surface area contributed by atoms with Gasteiger partial charge in [0.15, 0.2) is 5.96 Å². The molecule has 1 saturated heterocycles. The largest absolute Gasteiger partial charge is 0.361 e. The molecule has 0 bridgehead atoms. The van der Waals surface area contributed by atoms with Crippen LogP contribution in [0.1, 0.15) is 12.5 Å². The van der Waals surface area contributed by atoms with Gasteiger partial charge in [-0.05, 0) is 36.7 Å². The van der Waals surface area contributed by atoms with Gasteiger partial charge in [-0.1, -0.05) is 6.92 Å². The predicted molar refractivity (Wildman–Crippen MR) is 110 cm³/mol. The second-order valence-electron chi connectivity index (χ2n) is 6.96. The highest BCUT2D eigenvalue weighted by Crippen LogP contribution is 2.19. The molecule has 6 nitrogen and oxygen atoms in total. The topological polar surface area (TPSA) is 58.7 Å². The number of nitrogens with zero attached hydrogens (tertiary/aromatic N) is 3. The van der Waals surface area contributed by atoms with Crippen molar-refractivity contribution in [2.75, 3.05) is 59.4 Å². The van der Waals surface area contributed by atoms with Gasteiger partial charge >= 0.3 is 0 Å². The van der Waals surface area contributed by atoms with Gasteiger partial charge in [0, 0.05) is 70.0 Å². The summed E-state index contributed by atoms with van der Waals surface area (Å²) in [5, 5.41) is 7.68. The summed E-state index contributed by atoms with van der Waals surface area (Å²) in [4.78, 5) is 12.5. The molecule has 0 radical (unpaired) electrons. The van der Waals surface area contributed by atoms with E-state index in [1.807, 2.05) is 6.20 Å². The lowest BCUT2D eigenvalue weighted by molar-refractivity contribution is 0.139. The minimum Gasteiger partial charge on any atom is -0.361 e. The van der Waals surface area contributed by atoms with Crippen LogP contribution in [0.3, 0.4) is 0 Å². The number of fused-ring (bicyclic) bond motifs is 1. The van der Waals surface area contributed by atoms with Crippen molar-refractivity contribution in [3.8, 4) is 0 Å². The molecule has 3 rings (SSSR count). The van der Waals surface area contributed by atoms with Crippen LogP contribution in [0.5, 0.6) is 0 Å². The third-order valence-electron chi connectivity index (χ3n) is 5.27. The summed E-state index contributed by atoms with van der Waals surface area (Å²) in [7, 11) is 1.79. The molecule has 2 heterocycles. The van der Waals surface area contributed by atoms with E-state index in [1.165, 1.54) is 6.07 Å². The van der Waals surface area contributed by atoms with Crippen LogP contribution in [-0.4, -0.2) is 80.1 Å². The number of aromatic amines is 1. The lowest BCUT2D eigenvalue weighted by Gasteiger charge is -2.34. The van der Waals surface area contributed by atoms with Crippen LogP contribution in [0.25, 0.3) is 10.9 Å². The first-order chi connectivity index (χ1) is 13.2. The Hall–Kier alpha value is -2.12. The summed E-state index contributed by atoms with van der Waals surface area (Å²) in [6.07, 6.45) is 2.76. The third kappa shape index (κ3) is 5.43. The Labute approximate surface area is 160 Å². The zero-order chi connectivity index (χ0) is 19.1. The van der Waals surface area contributed by atoms with Gasteiger partial charge in [0.2, 0.25) is 0 Å². The van der Waals surface area contributed by atoms with Gasteiger partial charge in [0.1, 0.15) is 5.82 Å². The predicted octanol–water partition coefficient (Wildman–Crippen LogP) is 1.65. The monoisotopic (exact) mass is 374 g/mol. The molecule has 148 valence electrons. The van der Waals surface area contributed by atoms with E-state index in [9.17, 15) is 4.39 Å². The number of nitrogens with one attached hydrogen (secondary N) is 3. The molecule has 27 heavy (non-hydrogen) atoms. The summed E-state index contributed by atoms with van der Waals surface area (Å²) in [6.45, 7) is 10.6. The van der Waals surface area contributed by atoms with Crippen LogP contribution >= 0.6 is 0 Å². The molecule has 1 aromatic heterocycles. The van der Waals surface area contributed by atoms with Crippen molar-refractivity contribution in [3.63, 3.8) is 0 Å². The number of benzene rings is 1. The van der Waals surface area contributed by atoms with E-state index in [4.69, 9.17) is 0 Å². The standard InChI is InChI=1S/C20H31FN6/c1-3-26-10-12-27(13-11-26)9-8-24-20(22-2)23-7-6-16-15-25-19-5-4-17(21)14-18(16)19/h4-5,14-15,25H,3,6-13H2,1-2H3,(H2,22,23,24). The fourth-order valence-corrected chi connectivity index (χ4v) is 3.56. The normalized spacial score (nSPS) is 16.8. The Balaban J connectivity index is 1.38. The van der Waals surface area contributed by atoms with Crippen LogP contribution in [-0.2, 0) is 6.42 Å². The average molecular weight is 375 g/mol. The van der Waals surface area contributed by atoms with Crippen LogP contribution in [0.2, 0.25) is 0 Å². The molecule has 3 N–H and O–H groups in total. The van der Waals surface area contributed by atoms with Gasteiger partial charge < -0.3 is 20.5 Å². The van der Waals surface area contributed by atoms with Crippen molar-refractivity contribution in [1.82, 2.24) is 25.4 Å². The van der Waals surface area contributed by atoms with E-state index in [0.717, 1.165) is 81.2 Å². The maximum atomic E-state index is 13.5. The lowest BCUT2D eigenvalue weighted by Crippen LogP contribution is -2.49. The Morgan fingerprint density at radius 3 is 2.63 bits per heavy atom. The van der Waals surface area contributed by atoms with Crippen molar-refractivity contribution < 1.29 is 4.39 Å². The van der Waals surface area contributed by atoms with Gasteiger partial charge in [-0.25, -0.2) is 4.39 Å². The van der Waals surface area contributed by atoms with Gasteiger partial charge in [0.05, 0.1) is 0 Å². The summed E-state index contributed by atoms with van der Waals surface area (Å²) in [5.41, 5.74) is 2.08. The van der Waals surface area contributed by atoms with E-state index in [1.54, 1.807) is 19.2 Å². The zero-order valence-corrected chi connectivity index (χ0v) is 16.4. The molecule has 0 unspecified atom stereocenters. The molecular formula is C20H31FN6. The molecule has 0 aliphatic carbocycles. The van der Waals surface area contributed by atoms with Crippen LogP contribution in [0.15, 0.2) is 29.4 Å². The Bertz CT molecular complexity index is 748. The fourth-order valence-electron chi connectivity index (χ4n) is 3.56. The van der Waals surface area contributed by atoms with E-state index < -0.39 is 0 Å². The number of H-pyrrole nitrogens is 1. The fraction of sp³-hybridized carbons (Fsp3) is 0.550. The number of likely N-dealkylation sites (N-methyl/N-ethyl adjacent to an activating group) is 1. The second-order valence-corrected chi connectivity index (χ2v) is 6.96. The zero-order valence-electron chi connectivity index (χ0n) is 16.4. The number of aliphatic imine (C=N–C) groups is 1. The SMILES string of the molecule is CCN1CCN(CCNC(=NC)NCCc2c[nH]c3ccc(F)cc23)CC1. The summed E-state index contributed by atoms with van der Waals surface area (Å²) in [5.74, 6) is 0.613. The van der Waals surface area contributed by atoms with Gasteiger partial charge in [-0.3, -0.25) is 9.89 Å². The molecule has 0 amide bonds. The molecule has 2 aromatic rings. The first-order valence-corrected chi connectivity index (χ1v) is 9.84. The summed E-state index contributed by atoms with van der Waals surface area (Å²) >= 11 is 0. The minimum atomic E-state index is -0.200. The number of halogens is 1. The molecule has 0 saturated carbocycles. The van der Waals surface area contributed by atoms with Crippen molar-refractivity contribution in [2.45, 2.75) is 13.3 Å². The summed E-state index contributed by atoms with van der Waals surface area (Å²) < 4.78 is 13.5. The number of guanidine groups is 1. The highest BCUT2D eigenvalue weighted by molar-refractivity contribution is 5.83. The molecule has 0 atom stereocenters. The number of rotatable bonds is 7. The van der Waals surface area contributed by atoms with E-state index in [-0.39, 0.29) is 5.82 Å². The molecular weight excluding hydrogens is 343 g/mol. The molecule has 0 spiro atoms. The first kappa shape index (κ1) is 19.6. The maximum Gasteiger partial charge on any atom is 0.191 e. The highest BCUT2D eigenvalue weighted by atomic mass is 19.1. The van der Waals surface area contributed by atoms with Gasteiger partial charge in [-0.2, -0.15) is 0 Å². The Kier molecular flexibility index (Phi) is 7.06. The average Bonchev–Trinajstić information content (AvgIpc) is 3.09. The third-order valence-corrected chi connectivity index (χ3v) is 5.27. The Morgan fingerprint density at radius 1 is 1.15 bits per heavy atom. The minimum absolute atomic E-state index is 0.200. The molecule has 1 aliphatic rings. The number of hydrogen-bond donors (Lipinski definition) is 3. The number of aromatic nitrogens is 1. The van der Waals surface area contributed by atoms with E-state index in [2.05, 4.69) is 37.3 Å². The molecule has 1 aliphatic heterocycles. The number of piperazine rings is 1. The second kappa shape index (κ2) is 9.71. The van der Waals surface area contributed by atoms with Crippen molar-refractivity contribution in [1.29, 1.82) is 0 Å². The molecule has 1 fully saturated rings. The van der Waals surface area contributed by atoms with E-state index in [0.29, 0.717) is 0 Å². The molecule has 1 aromatic carbocycles. The highest BCUT2D eigenvalue weighted by Gasteiger charge is 2.14. The Morgan fingerprint density at radius 2 is 1.89 bits per heavy atom. The first-order valence-electron chi connectivity index (χ1n) is 9.84. The number of hydrogen-bond acceptors (Lipinski definition) is 3. The van der Waals surface area contributed by atoms with Gasteiger partial charge in [-0.15, -0.1) is 0 Å². The van der Waals surface area contributed by atoms with Crippen molar-refractivity contribution in [2.24, 2.45) is 4.99 Å². The van der Waals surface area contributed by atoms with Crippen LogP contribution < -0.4 is 10.6 Å². The molecule has 7 heteroatoms. The van der Waals surface area contributed by atoms with Crippen LogP contribution in [0.4, 0.5) is 4.39 Å². The van der Waals surface area contributed by atoms with Crippen molar-refractivity contribution in [3.05, 3.63) is 35.8 Å². The van der Waals surface area contributed by atoms with E-state index >= 15 is 0 Å². The van der Waals surface area contributed by atoms with Crippen molar-refractivity contribution >= 4 is 16.9 Å². The summed E-state index contributed by atoms with van der Waals surface area (Å²) in [6, 6.07) is 4.85. The maximum absolute atomic E-state index is 13.5. The van der Waals surface area contributed by atoms with Crippen LogP contribution in [0, 0.1) is 5.82 Å².